The highest BCUT2D eigenvalue weighted by atomic mass is 16.2. The second kappa shape index (κ2) is 7.62. The molecule has 1 amide bonds. The smallest absolute Gasteiger partial charge is 0.234 e. The molecule has 0 radical (unpaired) electrons. The highest BCUT2D eigenvalue weighted by Gasteiger charge is 2.31. The lowest BCUT2D eigenvalue weighted by Crippen LogP contribution is -2.54. The number of carbonyl (C=O) groups is 1. The van der Waals surface area contributed by atoms with Crippen LogP contribution in [0.25, 0.3) is 0 Å². The predicted octanol–water partition coefficient (Wildman–Crippen LogP) is 3.87. The third-order valence-corrected chi connectivity index (χ3v) is 5.16. The molecule has 0 atom stereocenters. The summed E-state index contributed by atoms with van der Waals surface area (Å²) in [5, 5.41) is 3.28. The lowest BCUT2D eigenvalue weighted by atomic mass is 9.90. The van der Waals surface area contributed by atoms with Gasteiger partial charge in [-0.15, -0.1) is 0 Å². The number of rotatable bonds is 4. The zero-order chi connectivity index (χ0) is 15.3. The fourth-order valence-electron chi connectivity index (χ4n) is 3.98. The highest BCUT2D eigenvalue weighted by molar-refractivity contribution is 5.78. The van der Waals surface area contributed by atoms with E-state index in [2.05, 4.69) is 31.0 Å². The maximum atomic E-state index is 12.5. The molecule has 2 aliphatic carbocycles. The zero-order valence-corrected chi connectivity index (χ0v) is 14.3. The Bertz CT molecular complexity index is 323. The monoisotopic (exact) mass is 294 g/mol. The molecular weight excluding hydrogens is 260 g/mol. The van der Waals surface area contributed by atoms with Gasteiger partial charge in [0.2, 0.25) is 5.91 Å². The van der Waals surface area contributed by atoms with Gasteiger partial charge in [-0.3, -0.25) is 9.69 Å². The molecule has 2 saturated carbocycles. The highest BCUT2D eigenvalue weighted by Crippen LogP contribution is 2.28. The first-order valence-electron chi connectivity index (χ1n) is 9.03. The van der Waals surface area contributed by atoms with Crippen LogP contribution in [-0.2, 0) is 4.79 Å². The van der Waals surface area contributed by atoms with Crippen molar-refractivity contribution in [3.8, 4) is 0 Å². The third kappa shape index (κ3) is 5.28. The Morgan fingerprint density at radius 2 is 1.48 bits per heavy atom. The van der Waals surface area contributed by atoms with Crippen molar-refractivity contribution in [3.05, 3.63) is 0 Å². The molecule has 0 heterocycles. The van der Waals surface area contributed by atoms with E-state index in [9.17, 15) is 4.79 Å². The summed E-state index contributed by atoms with van der Waals surface area (Å²) in [7, 11) is 0. The number of nitrogens with one attached hydrogen (secondary N) is 1. The lowest BCUT2D eigenvalue weighted by Gasteiger charge is -2.43. The van der Waals surface area contributed by atoms with Crippen molar-refractivity contribution in [1.82, 2.24) is 10.2 Å². The van der Waals surface area contributed by atoms with Crippen LogP contribution < -0.4 is 5.32 Å². The molecule has 0 aromatic carbocycles. The quantitative estimate of drug-likeness (QED) is 0.853. The van der Waals surface area contributed by atoms with Crippen molar-refractivity contribution in [2.24, 2.45) is 0 Å². The van der Waals surface area contributed by atoms with Crippen LogP contribution in [0.2, 0.25) is 0 Å². The van der Waals surface area contributed by atoms with Crippen molar-refractivity contribution in [2.75, 3.05) is 6.54 Å². The minimum Gasteiger partial charge on any atom is -0.352 e. The Hall–Kier alpha value is -0.570. The van der Waals surface area contributed by atoms with Crippen molar-refractivity contribution in [3.63, 3.8) is 0 Å². The van der Waals surface area contributed by atoms with Gasteiger partial charge < -0.3 is 5.32 Å². The SMILES string of the molecule is CC(C)(C)N(CC(=O)NC1CCCCC1)C1CCCCC1. The Labute approximate surface area is 130 Å². The molecule has 2 fully saturated rings. The van der Waals surface area contributed by atoms with Crippen LogP contribution >= 0.6 is 0 Å². The Balaban J connectivity index is 1.89. The van der Waals surface area contributed by atoms with Gasteiger partial charge in [0, 0.05) is 17.6 Å². The molecule has 0 spiro atoms. The number of hydrogen-bond acceptors (Lipinski definition) is 2. The van der Waals surface area contributed by atoms with E-state index < -0.39 is 0 Å². The average Bonchev–Trinajstić information content (AvgIpc) is 2.45. The Morgan fingerprint density at radius 3 is 2.00 bits per heavy atom. The molecular formula is C18H34N2O. The molecule has 0 unspecified atom stereocenters. The van der Waals surface area contributed by atoms with Gasteiger partial charge in [0.05, 0.1) is 6.54 Å². The van der Waals surface area contributed by atoms with Crippen molar-refractivity contribution >= 4 is 5.91 Å². The molecule has 122 valence electrons. The van der Waals surface area contributed by atoms with Crippen molar-refractivity contribution < 1.29 is 4.79 Å². The normalized spacial score (nSPS) is 22.5. The second-order valence-corrected chi connectivity index (χ2v) is 7.99. The maximum Gasteiger partial charge on any atom is 0.234 e. The number of nitrogens with zero attached hydrogens (tertiary/aromatic N) is 1. The van der Waals surface area contributed by atoms with Gasteiger partial charge in [0.15, 0.2) is 0 Å². The first kappa shape index (κ1) is 16.8. The largest absolute Gasteiger partial charge is 0.352 e. The van der Waals surface area contributed by atoms with Crippen molar-refractivity contribution in [2.45, 2.75) is 103 Å². The van der Waals surface area contributed by atoms with Crippen LogP contribution in [-0.4, -0.2) is 35.0 Å². The molecule has 21 heavy (non-hydrogen) atoms. The summed E-state index contributed by atoms with van der Waals surface area (Å²) < 4.78 is 0. The van der Waals surface area contributed by atoms with Gasteiger partial charge in [0.25, 0.3) is 0 Å². The molecule has 0 aromatic heterocycles. The van der Waals surface area contributed by atoms with Crippen LogP contribution in [0.3, 0.4) is 0 Å². The van der Waals surface area contributed by atoms with E-state index in [1.165, 1.54) is 64.2 Å². The predicted molar refractivity (Wildman–Crippen MR) is 88.3 cm³/mol. The van der Waals surface area contributed by atoms with Crippen LogP contribution in [0.5, 0.6) is 0 Å². The minimum absolute atomic E-state index is 0.0753. The summed E-state index contributed by atoms with van der Waals surface area (Å²) in [5.41, 5.74) is 0.0753. The molecule has 3 heteroatoms. The standard InChI is InChI=1S/C18H34N2O/c1-18(2,3)20(16-12-8-5-9-13-16)14-17(21)19-15-10-6-4-7-11-15/h15-16H,4-14H2,1-3H3,(H,19,21). The lowest BCUT2D eigenvalue weighted by molar-refractivity contribution is -0.125. The maximum absolute atomic E-state index is 12.5. The molecule has 0 aromatic rings. The van der Waals surface area contributed by atoms with E-state index in [-0.39, 0.29) is 11.4 Å². The first-order chi connectivity index (χ1) is 9.97. The van der Waals surface area contributed by atoms with E-state index in [4.69, 9.17) is 0 Å². The third-order valence-electron chi connectivity index (χ3n) is 5.16. The summed E-state index contributed by atoms with van der Waals surface area (Å²) in [5.74, 6) is 0.238. The van der Waals surface area contributed by atoms with E-state index >= 15 is 0 Å². The summed E-state index contributed by atoms with van der Waals surface area (Å²) in [6.07, 6.45) is 12.7. The van der Waals surface area contributed by atoms with E-state index in [0.717, 1.165) is 0 Å². The average molecular weight is 294 g/mol. The van der Waals surface area contributed by atoms with Crippen LogP contribution in [0.4, 0.5) is 0 Å². The van der Waals surface area contributed by atoms with Gasteiger partial charge in [0.1, 0.15) is 0 Å². The fraction of sp³-hybridized carbons (Fsp3) is 0.944. The molecule has 0 saturated heterocycles. The Kier molecular flexibility index (Phi) is 6.09. The number of amides is 1. The minimum atomic E-state index is 0.0753. The number of carbonyl (C=O) groups excluding carboxylic acids is 1. The molecule has 1 N–H and O–H groups in total. The van der Waals surface area contributed by atoms with Gasteiger partial charge in [-0.1, -0.05) is 38.5 Å². The number of hydrogen-bond donors (Lipinski definition) is 1. The molecule has 3 nitrogen and oxygen atoms in total. The van der Waals surface area contributed by atoms with Gasteiger partial charge >= 0.3 is 0 Å². The molecule has 0 bridgehead atoms. The van der Waals surface area contributed by atoms with Gasteiger partial charge in [-0.2, -0.15) is 0 Å². The molecule has 0 aliphatic heterocycles. The molecule has 2 rings (SSSR count). The zero-order valence-electron chi connectivity index (χ0n) is 14.3. The van der Waals surface area contributed by atoms with Crippen LogP contribution in [0.1, 0.15) is 85.0 Å². The summed E-state index contributed by atoms with van der Waals surface area (Å²) in [6.45, 7) is 7.31. The fourth-order valence-corrected chi connectivity index (χ4v) is 3.98. The summed E-state index contributed by atoms with van der Waals surface area (Å²) in [6, 6.07) is 1.02. The van der Waals surface area contributed by atoms with E-state index in [0.29, 0.717) is 18.6 Å². The first-order valence-corrected chi connectivity index (χ1v) is 9.03. The van der Waals surface area contributed by atoms with E-state index in [1.807, 2.05) is 0 Å². The van der Waals surface area contributed by atoms with Gasteiger partial charge in [-0.05, 0) is 46.5 Å². The van der Waals surface area contributed by atoms with Crippen molar-refractivity contribution in [1.29, 1.82) is 0 Å². The van der Waals surface area contributed by atoms with Crippen LogP contribution in [0.15, 0.2) is 0 Å². The second-order valence-electron chi connectivity index (χ2n) is 7.99. The summed E-state index contributed by atoms with van der Waals surface area (Å²) >= 11 is 0. The van der Waals surface area contributed by atoms with Gasteiger partial charge in [-0.25, -0.2) is 0 Å². The topological polar surface area (TPSA) is 32.3 Å². The van der Waals surface area contributed by atoms with Crippen LogP contribution in [0, 0.1) is 0 Å². The molecule has 2 aliphatic rings. The summed E-state index contributed by atoms with van der Waals surface area (Å²) in [4.78, 5) is 14.9. The Morgan fingerprint density at radius 1 is 0.952 bits per heavy atom. The van der Waals surface area contributed by atoms with E-state index in [1.54, 1.807) is 0 Å².